The fraction of sp³-hybridized carbons (Fsp3) is 0.217. The van der Waals surface area contributed by atoms with Crippen LogP contribution in [0.25, 0.3) is 21.3 Å². The van der Waals surface area contributed by atoms with Gasteiger partial charge in [0, 0.05) is 16.5 Å². The molecule has 4 nitrogen and oxygen atoms in total. The van der Waals surface area contributed by atoms with Gasteiger partial charge >= 0.3 is 0 Å². The molecule has 140 valence electrons. The lowest BCUT2D eigenvalue weighted by molar-refractivity contribution is -0.914. The van der Waals surface area contributed by atoms with Crippen molar-refractivity contribution in [3.8, 4) is 11.1 Å². The van der Waals surface area contributed by atoms with Gasteiger partial charge in [-0.25, -0.2) is 9.97 Å². The van der Waals surface area contributed by atoms with Gasteiger partial charge in [0.15, 0.2) is 0 Å². The molecule has 4 aromatic rings. The van der Waals surface area contributed by atoms with Gasteiger partial charge < -0.3 is 9.80 Å². The number of aromatic nitrogens is 2. The molecule has 2 aromatic heterocycles. The van der Waals surface area contributed by atoms with Crippen LogP contribution in [0.5, 0.6) is 0 Å². The monoisotopic (exact) mass is 387 g/mol. The van der Waals surface area contributed by atoms with Gasteiger partial charge in [-0.2, -0.15) is 0 Å². The van der Waals surface area contributed by atoms with E-state index in [1.165, 1.54) is 22.1 Å². The summed E-state index contributed by atoms with van der Waals surface area (Å²) >= 11 is 1.71. The predicted molar refractivity (Wildman–Crippen MR) is 116 cm³/mol. The summed E-state index contributed by atoms with van der Waals surface area (Å²) in [5.74, 6) is 1.09. The van der Waals surface area contributed by atoms with E-state index in [2.05, 4.69) is 75.9 Å². The number of hydrogen-bond acceptors (Lipinski definition) is 4. The quantitative estimate of drug-likeness (QED) is 0.584. The fourth-order valence-corrected chi connectivity index (χ4v) is 4.94. The average Bonchev–Trinajstić information content (AvgIpc) is 3.20. The lowest BCUT2D eigenvalue weighted by Crippen LogP contribution is -3.13. The Bertz CT molecular complexity index is 1050. The summed E-state index contributed by atoms with van der Waals surface area (Å²) < 4.78 is 0. The number of anilines is 1. The van der Waals surface area contributed by atoms with E-state index < -0.39 is 0 Å². The van der Waals surface area contributed by atoms with Crippen molar-refractivity contribution in [3.05, 3.63) is 77.9 Å². The zero-order valence-electron chi connectivity index (χ0n) is 15.7. The summed E-state index contributed by atoms with van der Waals surface area (Å²) in [6.07, 6.45) is 1.71. The van der Waals surface area contributed by atoms with Crippen LogP contribution in [0.3, 0.4) is 0 Å². The number of fused-ring (bicyclic) bond motifs is 1. The minimum Gasteiger partial charge on any atom is -0.345 e. The molecule has 1 N–H and O–H groups in total. The molecule has 1 fully saturated rings. The van der Waals surface area contributed by atoms with Crippen LogP contribution in [-0.2, 0) is 6.54 Å². The van der Waals surface area contributed by atoms with Crippen LogP contribution in [0, 0.1) is 0 Å². The van der Waals surface area contributed by atoms with Gasteiger partial charge in [-0.3, -0.25) is 0 Å². The van der Waals surface area contributed by atoms with Crippen molar-refractivity contribution < 1.29 is 4.90 Å². The Balaban J connectivity index is 1.39. The maximum Gasteiger partial charge on any atom is 0.141 e. The highest BCUT2D eigenvalue weighted by atomic mass is 32.1. The first-order valence-electron chi connectivity index (χ1n) is 9.78. The van der Waals surface area contributed by atoms with Gasteiger partial charge in [0.2, 0.25) is 0 Å². The van der Waals surface area contributed by atoms with E-state index >= 15 is 0 Å². The molecule has 0 amide bonds. The highest BCUT2D eigenvalue weighted by Crippen LogP contribution is 2.37. The van der Waals surface area contributed by atoms with Crippen LogP contribution in [0.15, 0.2) is 72.4 Å². The topological polar surface area (TPSA) is 33.5 Å². The Hall–Kier alpha value is -2.76. The largest absolute Gasteiger partial charge is 0.345 e. The van der Waals surface area contributed by atoms with Crippen LogP contribution in [-0.4, -0.2) is 36.1 Å². The summed E-state index contributed by atoms with van der Waals surface area (Å²) in [4.78, 5) is 14.4. The maximum atomic E-state index is 4.71. The van der Waals surface area contributed by atoms with Crippen molar-refractivity contribution in [1.82, 2.24) is 9.97 Å². The molecule has 1 aliphatic heterocycles. The Morgan fingerprint density at radius 2 is 1.61 bits per heavy atom. The Morgan fingerprint density at radius 1 is 0.893 bits per heavy atom. The van der Waals surface area contributed by atoms with Crippen molar-refractivity contribution in [2.75, 3.05) is 31.1 Å². The second kappa shape index (κ2) is 7.70. The number of thiophene rings is 1. The summed E-state index contributed by atoms with van der Waals surface area (Å²) in [5, 5.41) is 3.42. The summed E-state index contributed by atoms with van der Waals surface area (Å²) in [5.41, 5.74) is 3.90. The van der Waals surface area contributed by atoms with E-state index in [-0.39, 0.29) is 0 Å². The molecule has 5 rings (SSSR count). The van der Waals surface area contributed by atoms with Crippen molar-refractivity contribution in [3.63, 3.8) is 0 Å². The van der Waals surface area contributed by atoms with Crippen LogP contribution in [0.4, 0.5) is 5.82 Å². The Kier molecular flexibility index (Phi) is 4.77. The molecule has 0 saturated carbocycles. The van der Waals surface area contributed by atoms with E-state index in [4.69, 9.17) is 4.98 Å². The van der Waals surface area contributed by atoms with Gasteiger partial charge in [-0.1, -0.05) is 60.7 Å². The molecule has 0 aliphatic carbocycles. The first kappa shape index (κ1) is 17.3. The standard InChI is InChI=1S/C23H22N4S/c1-3-7-18(8-4-1)15-26-11-13-27(14-12-26)22-21-20(19-9-5-2-6-10-19)16-28-23(21)25-17-24-22/h1-10,16-17H,11-15H2/p+1. The number of nitrogens with zero attached hydrogens (tertiary/aromatic N) is 3. The van der Waals surface area contributed by atoms with Gasteiger partial charge in [0.05, 0.1) is 31.6 Å². The van der Waals surface area contributed by atoms with Crippen LogP contribution >= 0.6 is 11.3 Å². The van der Waals surface area contributed by atoms with Crippen molar-refractivity contribution >= 4 is 27.4 Å². The molecule has 0 spiro atoms. The van der Waals surface area contributed by atoms with Crippen molar-refractivity contribution in [2.24, 2.45) is 0 Å². The van der Waals surface area contributed by atoms with Gasteiger partial charge in [0.25, 0.3) is 0 Å². The first-order chi connectivity index (χ1) is 13.9. The zero-order chi connectivity index (χ0) is 18.8. The summed E-state index contributed by atoms with van der Waals surface area (Å²) in [6, 6.07) is 21.4. The lowest BCUT2D eigenvalue weighted by atomic mass is 10.1. The highest BCUT2D eigenvalue weighted by Gasteiger charge is 2.24. The molecular weight excluding hydrogens is 364 g/mol. The zero-order valence-corrected chi connectivity index (χ0v) is 16.5. The number of nitrogens with one attached hydrogen (secondary N) is 1. The highest BCUT2D eigenvalue weighted by molar-refractivity contribution is 7.17. The second-order valence-electron chi connectivity index (χ2n) is 7.29. The number of hydrogen-bond donors (Lipinski definition) is 1. The molecule has 0 radical (unpaired) electrons. The minimum atomic E-state index is 1.03. The fourth-order valence-electron chi connectivity index (χ4n) is 4.03. The lowest BCUT2D eigenvalue weighted by Gasteiger charge is -2.33. The average molecular weight is 388 g/mol. The third kappa shape index (κ3) is 3.39. The minimum absolute atomic E-state index is 1.03. The molecular formula is C23H23N4S+. The first-order valence-corrected chi connectivity index (χ1v) is 10.7. The molecule has 0 atom stereocenters. The van der Waals surface area contributed by atoms with Crippen LogP contribution < -0.4 is 9.80 Å². The van der Waals surface area contributed by atoms with E-state index in [0.29, 0.717) is 0 Å². The number of quaternary nitrogens is 1. The Labute approximate surface area is 169 Å². The van der Waals surface area contributed by atoms with Gasteiger partial charge in [-0.05, 0) is 5.56 Å². The molecule has 1 aliphatic rings. The second-order valence-corrected chi connectivity index (χ2v) is 8.15. The number of piperazine rings is 1. The molecule has 0 bridgehead atoms. The summed E-state index contributed by atoms with van der Waals surface area (Å²) in [6.45, 7) is 5.41. The summed E-state index contributed by atoms with van der Waals surface area (Å²) in [7, 11) is 0. The third-order valence-electron chi connectivity index (χ3n) is 5.50. The molecule has 28 heavy (non-hydrogen) atoms. The molecule has 3 heterocycles. The molecule has 1 saturated heterocycles. The molecule has 5 heteroatoms. The van der Waals surface area contributed by atoms with Crippen molar-refractivity contribution in [2.45, 2.75) is 6.54 Å². The number of benzene rings is 2. The Morgan fingerprint density at radius 3 is 2.36 bits per heavy atom. The molecule has 0 unspecified atom stereocenters. The number of rotatable bonds is 4. The van der Waals surface area contributed by atoms with Gasteiger partial charge in [0.1, 0.15) is 23.5 Å². The van der Waals surface area contributed by atoms with E-state index in [9.17, 15) is 0 Å². The van der Waals surface area contributed by atoms with Crippen LogP contribution in [0.1, 0.15) is 5.56 Å². The maximum absolute atomic E-state index is 4.71. The third-order valence-corrected chi connectivity index (χ3v) is 6.39. The van der Waals surface area contributed by atoms with Crippen molar-refractivity contribution in [1.29, 1.82) is 0 Å². The van der Waals surface area contributed by atoms with E-state index in [0.717, 1.165) is 43.4 Å². The molecule has 2 aromatic carbocycles. The predicted octanol–water partition coefficient (Wildman–Crippen LogP) is 3.26. The van der Waals surface area contributed by atoms with Gasteiger partial charge in [-0.15, -0.1) is 11.3 Å². The normalized spacial score (nSPS) is 15.2. The SMILES string of the molecule is c1ccc(C[NH+]2CCN(c3ncnc4scc(-c5ccccc5)c34)CC2)cc1. The van der Waals surface area contributed by atoms with E-state index in [1.54, 1.807) is 22.6 Å². The van der Waals surface area contributed by atoms with E-state index in [1.807, 2.05) is 0 Å². The van der Waals surface area contributed by atoms with Crippen LogP contribution in [0.2, 0.25) is 0 Å². The smallest absolute Gasteiger partial charge is 0.141 e.